The van der Waals surface area contributed by atoms with E-state index in [9.17, 15) is 19.1 Å². The standard InChI is InChI=1S/C21H24FN3O3/c22-17-6-8-18(9-7-17)24-10-12-25(13-11-24)21(28)19(15-26)23-20(27)14-16-4-2-1-3-5-16/h1-9,19,26H,10-15H2,(H,23,27). The maximum Gasteiger partial charge on any atom is 0.247 e. The van der Waals surface area contributed by atoms with Gasteiger partial charge in [0.15, 0.2) is 0 Å². The minimum Gasteiger partial charge on any atom is -0.394 e. The van der Waals surface area contributed by atoms with Crippen LogP contribution in [-0.4, -0.2) is 60.6 Å². The van der Waals surface area contributed by atoms with E-state index in [0.717, 1.165) is 11.3 Å². The fraction of sp³-hybridized carbons (Fsp3) is 0.333. The van der Waals surface area contributed by atoms with E-state index in [1.807, 2.05) is 30.3 Å². The third-order valence-electron chi connectivity index (χ3n) is 4.81. The van der Waals surface area contributed by atoms with Crippen molar-refractivity contribution in [3.8, 4) is 0 Å². The maximum atomic E-state index is 13.1. The van der Waals surface area contributed by atoms with Gasteiger partial charge in [0.2, 0.25) is 11.8 Å². The first-order valence-corrected chi connectivity index (χ1v) is 9.30. The number of nitrogens with one attached hydrogen (secondary N) is 1. The van der Waals surface area contributed by atoms with E-state index < -0.39 is 12.6 Å². The summed E-state index contributed by atoms with van der Waals surface area (Å²) in [5.74, 6) is -0.874. The second-order valence-corrected chi connectivity index (χ2v) is 6.75. The lowest BCUT2D eigenvalue weighted by Crippen LogP contribution is -2.56. The molecule has 2 amide bonds. The Balaban J connectivity index is 1.52. The number of anilines is 1. The van der Waals surface area contributed by atoms with Crippen LogP contribution in [0.3, 0.4) is 0 Å². The topological polar surface area (TPSA) is 72.9 Å². The predicted octanol–water partition coefficient (Wildman–Crippen LogP) is 1.19. The number of aliphatic hydroxyl groups is 1. The molecule has 0 spiro atoms. The highest BCUT2D eigenvalue weighted by Crippen LogP contribution is 2.17. The number of piperazine rings is 1. The summed E-state index contributed by atoms with van der Waals surface area (Å²) in [7, 11) is 0. The highest BCUT2D eigenvalue weighted by atomic mass is 19.1. The van der Waals surface area contributed by atoms with Crippen molar-refractivity contribution in [1.82, 2.24) is 10.2 Å². The molecule has 0 radical (unpaired) electrons. The van der Waals surface area contributed by atoms with Gasteiger partial charge in [0.05, 0.1) is 13.0 Å². The minimum atomic E-state index is -0.950. The van der Waals surface area contributed by atoms with Gasteiger partial charge in [-0.1, -0.05) is 30.3 Å². The number of hydrogen-bond acceptors (Lipinski definition) is 4. The molecule has 1 aliphatic rings. The smallest absolute Gasteiger partial charge is 0.247 e. The van der Waals surface area contributed by atoms with Crippen LogP contribution >= 0.6 is 0 Å². The predicted molar refractivity (Wildman–Crippen MR) is 104 cm³/mol. The van der Waals surface area contributed by atoms with Gasteiger partial charge in [0, 0.05) is 31.9 Å². The summed E-state index contributed by atoms with van der Waals surface area (Å²) in [6.07, 6.45) is 0.156. The van der Waals surface area contributed by atoms with Crippen LogP contribution in [0.15, 0.2) is 54.6 Å². The summed E-state index contributed by atoms with van der Waals surface area (Å²) < 4.78 is 13.1. The first kappa shape index (κ1) is 19.8. The zero-order valence-corrected chi connectivity index (χ0v) is 15.6. The van der Waals surface area contributed by atoms with Gasteiger partial charge < -0.3 is 20.2 Å². The summed E-state index contributed by atoms with van der Waals surface area (Å²) >= 11 is 0. The van der Waals surface area contributed by atoms with Crippen molar-refractivity contribution in [2.24, 2.45) is 0 Å². The van der Waals surface area contributed by atoms with Gasteiger partial charge in [-0.05, 0) is 29.8 Å². The van der Waals surface area contributed by atoms with Crippen LogP contribution in [0.2, 0.25) is 0 Å². The van der Waals surface area contributed by atoms with Crippen LogP contribution in [0, 0.1) is 5.82 Å². The second-order valence-electron chi connectivity index (χ2n) is 6.75. The van der Waals surface area contributed by atoms with Crippen molar-refractivity contribution in [2.75, 3.05) is 37.7 Å². The third-order valence-corrected chi connectivity index (χ3v) is 4.81. The minimum absolute atomic E-state index is 0.156. The Labute approximate surface area is 163 Å². The molecule has 0 bridgehead atoms. The average molecular weight is 385 g/mol. The Hall–Kier alpha value is -2.93. The quantitative estimate of drug-likeness (QED) is 0.784. The number of aliphatic hydroxyl groups excluding tert-OH is 1. The molecule has 1 saturated heterocycles. The fourth-order valence-electron chi connectivity index (χ4n) is 3.27. The van der Waals surface area contributed by atoms with Crippen LogP contribution in [0.25, 0.3) is 0 Å². The largest absolute Gasteiger partial charge is 0.394 e. The molecule has 1 unspecified atom stereocenters. The number of carbonyl (C=O) groups excluding carboxylic acids is 2. The first-order chi connectivity index (χ1) is 13.6. The molecule has 1 fully saturated rings. The normalized spacial score (nSPS) is 15.2. The average Bonchev–Trinajstić information content (AvgIpc) is 2.73. The molecule has 1 aliphatic heterocycles. The van der Waals surface area contributed by atoms with E-state index >= 15 is 0 Å². The Morgan fingerprint density at radius 1 is 1.00 bits per heavy atom. The lowest BCUT2D eigenvalue weighted by Gasteiger charge is -2.37. The van der Waals surface area contributed by atoms with Gasteiger partial charge >= 0.3 is 0 Å². The van der Waals surface area contributed by atoms with Crippen LogP contribution < -0.4 is 10.2 Å². The van der Waals surface area contributed by atoms with Gasteiger partial charge in [-0.3, -0.25) is 9.59 Å². The third kappa shape index (κ3) is 5.07. The fourth-order valence-corrected chi connectivity index (χ4v) is 3.27. The highest BCUT2D eigenvalue weighted by molar-refractivity contribution is 5.88. The molecular weight excluding hydrogens is 361 g/mol. The Bertz CT molecular complexity index is 790. The lowest BCUT2D eigenvalue weighted by atomic mass is 10.1. The molecule has 0 aliphatic carbocycles. The zero-order valence-electron chi connectivity index (χ0n) is 15.6. The van der Waals surface area contributed by atoms with Crippen molar-refractivity contribution >= 4 is 17.5 Å². The van der Waals surface area contributed by atoms with Gasteiger partial charge in [-0.15, -0.1) is 0 Å². The van der Waals surface area contributed by atoms with Crippen LogP contribution in [0.4, 0.5) is 10.1 Å². The Morgan fingerprint density at radius 2 is 1.64 bits per heavy atom. The molecule has 2 aromatic carbocycles. The molecule has 1 atom stereocenters. The molecule has 7 heteroatoms. The summed E-state index contributed by atoms with van der Waals surface area (Å²) in [4.78, 5) is 28.6. The molecule has 3 rings (SSSR count). The molecular formula is C21H24FN3O3. The molecule has 0 aromatic heterocycles. The summed E-state index contributed by atoms with van der Waals surface area (Å²) in [6, 6.07) is 14.5. The van der Waals surface area contributed by atoms with E-state index in [1.54, 1.807) is 17.0 Å². The maximum absolute atomic E-state index is 13.1. The number of nitrogens with zero attached hydrogens (tertiary/aromatic N) is 2. The van der Waals surface area contributed by atoms with E-state index in [1.165, 1.54) is 12.1 Å². The lowest BCUT2D eigenvalue weighted by molar-refractivity contribution is -0.137. The molecule has 28 heavy (non-hydrogen) atoms. The Morgan fingerprint density at radius 3 is 2.25 bits per heavy atom. The number of benzene rings is 2. The summed E-state index contributed by atoms with van der Waals surface area (Å²) in [5, 5.41) is 12.2. The monoisotopic (exact) mass is 385 g/mol. The molecule has 1 heterocycles. The van der Waals surface area contributed by atoms with Crippen molar-refractivity contribution in [1.29, 1.82) is 0 Å². The Kier molecular flexibility index (Phi) is 6.60. The number of halogens is 1. The van der Waals surface area contributed by atoms with Gasteiger partial charge in [0.1, 0.15) is 11.9 Å². The van der Waals surface area contributed by atoms with Gasteiger partial charge in [-0.25, -0.2) is 4.39 Å². The molecule has 2 N–H and O–H groups in total. The molecule has 6 nitrogen and oxygen atoms in total. The van der Waals surface area contributed by atoms with Crippen LogP contribution in [-0.2, 0) is 16.0 Å². The SMILES string of the molecule is O=C(Cc1ccccc1)NC(CO)C(=O)N1CCN(c2ccc(F)cc2)CC1. The summed E-state index contributed by atoms with van der Waals surface area (Å²) in [5.41, 5.74) is 1.75. The van der Waals surface area contributed by atoms with E-state index in [2.05, 4.69) is 10.2 Å². The van der Waals surface area contributed by atoms with Crippen molar-refractivity contribution in [2.45, 2.75) is 12.5 Å². The number of carbonyl (C=O) groups is 2. The highest BCUT2D eigenvalue weighted by Gasteiger charge is 2.28. The van der Waals surface area contributed by atoms with Crippen molar-refractivity contribution in [3.05, 3.63) is 66.0 Å². The van der Waals surface area contributed by atoms with Crippen molar-refractivity contribution in [3.63, 3.8) is 0 Å². The molecule has 2 aromatic rings. The number of rotatable bonds is 6. The number of hydrogen-bond donors (Lipinski definition) is 2. The second kappa shape index (κ2) is 9.32. The summed E-state index contributed by atoms with van der Waals surface area (Å²) in [6.45, 7) is 1.71. The zero-order chi connectivity index (χ0) is 19.9. The molecule has 148 valence electrons. The van der Waals surface area contributed by atoms with Gasteiger partial charge in [-0.2, -0.15) is 0 Å². The van der Waals surface area contributed by atoms with E-state index in [4.69, 9.17) is 0 Å². The van der Waals surface area contributed by atoms with E-state index in [-0.39, 0.29) is 24.1 Å². The molecule has 0 saturated carbocycles. The number of amides is 2. The van der Waals surface area contributed by atoms with E-state index in [0.29, 0.717) is 26.2 Å². The van der Waals surface area contributed by atoms with Crippen LogP contribution in [0.1, 0.15) is 5.56 Å². The van der Waals surface area contributed by atoms with Crippen LogP contribution in [0.5, 0.6) is 0 Å². The first-order valence-electron chi connectivity index (χ1n) is 9.30. The van der Waals surface area contributed by atoms with Crippen molar-refractivity contribution < 1.29 is 19.1 Å². The van der Waals surface area contributed by atoms with Gasteiger partial charge in [0.25, 0.3) is 0 Å².